The van der Waals surface area contributed by atoms with Crippen molar-refractivity contribution in [2.45, 2.75) is 71.3 Å². The van der Waals surface area contributed by atoms with Crippen LogP contribution in [0.2, 0.25) is 0 Å². The van der Waals surface area contributed by atoms with E-state index in [9.17, 15) is 4.79 Å². The monoisotopic (exact) mass is 447 g/mol. The van der Waals surface area contributed by atoms with Crippen molar-refractivity contribution >= 4 is 11.6 Å². The lowest BCUT2D eigenvalue weighted by Gasteiger charge is -2.29. The molecule has 1 saturated heterocycles. The van der Waals surface area contributed by atoms with Crippen LogP contribution in [-0.4, -0.2) is 25.6 Å². The van der Waals surface area contributed by atoms with E-state index < -0.39 is 0 Å². The summed E-state index contributed by atoms with van der Waals surface area (Å²) in [7, 11) is 0. The fraction of sp³-hybridized carbons (Fsp3) is 0.500. The number of carbonyl (C=O) groups is 1. The van der Waals surface area contributed by atoms with Gasteiger partial charge in [-0.2, -0.15) is 5.26 Å². The second kappa shape index (κ2) is 12.9. The molecular formula is C28H37N3O2. The van der Waals surface area contributed by atoms with Gasteiger partial charge in [0.1, 0.15) is 5.75 Å². The topological polar surface area (TPSA) is 65.4 Å². The minimum atomic E-state index is -0.00817. The Bertz CT molecular complexity index is 942. The second-order valence-corrected chi connectivity index (χ2v) is 8.76. The van der Waals surface area contributed by atoms with E-state index in [1.54, 1.807) is 0 Å². The van der Waals surface area contributed by atoms with Crippen molar-refractivity contribution in [3.05, 3.63) is 59.2 Å². The van der Waals surface area contributed by atoms with Crippen molar-refractivity contribution in [3.63, 3.8) is 0 Å². The van der Waals surface area contributed by atoms with E-state index in [-0.39, 0.29) is 11.9 Å². The average molecular weight is 448 g/mol. The number of nitrogens with one attached hydrogen (secondary N) is 1. The molecule has 5 nitrogen and oxygen atoms in total. The molecule has 2 aromatic carbocycles. The fourth-order valence-corrected chi connectivity index (χ4v) is 4.64. The molecule has 1 heterocycles. The zero-order valence-electron chi connectivity index (χ0n) is 20.1. The minimum absolute atomic E-state index is 0.00817. The maximum absolute atomic E-state index is 13.1. The number of hydrogen-bond acceptors (Lipinski definition) is 4. The lowest BCUT2D eigenvalue weighted by molar-refractivity contribution is -0.121. The number of rotatable bonds is 10. The Morgan fingerprint density at radius 3 is 2.58 bits per heavy atom. The molecule has 33 heavy (non-hydrogen) atoms. The largest absolute Gasteiger partial charge is 0.494 e. The summed E-state index contributed by atoms with van der Waals surface area (Å²) in [5.74, 6) is 0.704. The first kappa shape index (κ1) is 24.6. The van der Waals surface area contributed by atoms with Crippen LogP contribution < -0.4 is 15.0 Å². The van der Waals surface area contributed by atoms with E-state index in [2.05, 4.69) is 47.5 Å². The number of nitriles is 1. The van der Waals surface area contributed by atoms with Gasteiger partial charge in [-0.05, 0) is 49.4 Å². The van der Waals surface area contributed by atoms with Crippen molar-refractivity contribution in [2.75, 3.05) is 24.6 Å². The van der Waals surface area contributed by atoms with Gasteiger partial charge >= 0.3 is 0 Å². The molecule has 0 bridgehead atoms. The van der Waals surface area contributed by atoms with E-state index in [0.29, 0.717) is 25.2 Å². The summed E-state index contributed by atoms with van der Waals surface area (Å²) < 4.78 is 5.71. The standard InChI is InChI=1S/C28H37N3O2/c1-3-11-25(24-12-7-8-13-26(24)31-18-9-5-6-10-19-31)30-28(32)21-22-14-15-23(16-17-29)27(20-22)33-4-2/h7-8,12-15,20,25H,3-6,9-11,16,18-19,21H2,1-2H3,(H,30,32). The number of anilines is 1. The van der Waals surface area contributed by atoms with Crippen molar-refractivity contribution in [3.8, 4) is 11.8 Å². The first-order valence-corrected chi connectivity index (χ1v) is 12.4. The number of benzene rings is 2. The van der Waals surface area contributed by atoms with Crippen LogP contribution in [-0.2, 0) is 17.6 Å². The molecule has 1 N–H and O–H groups in total. The van der Waals surface area contributed by atoms with Crippen molar-refractivity contribution in [2.24, 2.45) is 0 Å². The highest BCUT2D eigenvalue weighted by atomic mass is 16.5. The third kappa shape index (κ3) is 6.99. The third-order valence-corrected chi connectivity index (χ3v) is 6.24. The number of carbonyl (C=O) groups excluding carboxylic acids is 1. The van der Waals surface area contributed by atoms with Crippen molar-refractivity contribution in [1.29, 1.82) is 5.26 Å². The van der Waals surface area contributed by atoms with E-state index >= 15 is 0 Å². The Morgan fingerprint density at radius 1 is 1.12 bits per heavy atom. The van der Waals surface area contributed by atoms with Crippen molar-refractivity contribution < 1.29 is 9.53 Å². The predicted octanol–water partition coefficient (Wildman–Crippen LogP) is 5.73. The summed E-state index contributed by atoms with van der Waals surface area (Å²) in [4.78, 5) is 15.6. The molecular weight excluding hydrogens is 410 g/mol. The van der Waals surface area contributed by atoms with Crippen LogP contribution in [0.15, 0.2) is 42.5 Å². The first-order valence-electron chi connectivity index (χ1n) is 12.4. The summed E-state index contributed by atoms with van der Waals surface area (Å²) in [6.07, 6.45) is 7.53. The Balaban J connectivity index is 1.76. The third-order valence-electron chi connectivity index (χ3n) is 6.24. The van der Waals surface area contributed by atoms with Crippen LogP contribution in [0.5, 0.6) is 5.75 Å². The summed E-state index contributed by atoms with van der Waals surface area (Å²) >= 11 is 0. The van der Waals surface area contributed by atoms with Gasteiger partial charge in [0.2, 0.25) is 5.91 Å². The molecule has 0 spiro atoms. The quantitative estimate of drug-likeness (QED) is 0.505. The number of hydrogen-bond donors (Lipinski definition) is 1. The molecule has 176 valence electrons. The molecule has 1 amide bonds. The normalized spacial score (nSPS) is 14.8. The van der Waals surface area contributed by atoms with E-state index in [1.165, 1.54) is 36.9 Å². The molecule has 0 radical (unpaired) electrons. The van der Waals surface area contributed by atoms with E-state index in [1.807, 2.05) is 25.1 Å². The van der Waals surface area contributed by atoms with Gasteiger partial charge in [-0.1, -0.05) is 56.5 Å². The highest BCUT2D eigenvalue weighted by molar-refractivity contribution is 5.79. The van der Waals surface area contributed by atoms with Gasteiger partial charge in [-0.15, -0.1) is 0 Å². The van der Waals surface area contributed by atoms with Gasteiger partial charge < -0.3 is 15.0 Å². The van der Waals surface area contributed by atoms with Crippen LogP contribution in [0.3, 0.4) is 0 Å². The molecule has 3 rings (SSSR count). The van der Waals surface area contributed by atoms with Gasteiger partial charge in [-0.25, -0.2) is 0 Å². The van der Waals surface area contributed by atoms with Gasteiger partial charge in [0.15, 0.2) is 0 Å². The average Bonchev–Trinajstić information content (AvgIpc) is 3.10. The Morgan fingerprint density at radius 2 is 1.88 bits per heavy atom. The van der Waals surface area contributed by atoms with Crippen LogP contribution in [0.25, 0.3) is 0 Å². The molecule has 0 saturated carbocycles. The molecule has 1 aliphatic heterocycles. The molecule has 1 aliphatic rings. The second-order valence-electron chi connectivity index (χ2n) is 8.76. The van der Waals surface area contributed by atoms with Crippen LogP contribution in [0.1, 0.15) is 75.1 Å². The zero-order valence-corrected chi connectivity index (χ0v) is 20.1. The Kier molecular flexibility index (Phi) is 9.62. The molecule has 0 aromatic heterocycles. The molecule has 1 atom stereocenters. The van der Waals surface area contributed by atoms with Crippen LogP contribution in [0, 0.1) is 11.3 Å². The van der Waals surface area contributed by atoms with Gasteiger partial charge in [0, 0.05) is 24.3 Å². The number of nitrogens with zero attached hydrogens (tertiary/aromatic N) is 2. The molecule has 0 aliphatic carbocycles. The van der Waals surface area contributed by atoms with E-state index in [4.69, 9.17) is 10.00 Å². The van der Waals surface area contributed by atoms with Gasteiger partial charge in [0.25, 0.3) is 0 Å². The van der Waals surface area contributed by atoms with E-state index in [0.717, 1.165) is 37.1 Å². The smallest absolute Gasteiger partial charge is 0.224 e. The van der Waals surface area contributed by atoms with Crippen LogP contribution >= 0.6 is 0 Å². The number of amides is 1. The number of para-hydroxylation sites is 1. The van der Waals surface area contributed by atoms with Crippen molar-refractivity contribution in [1.82, 2.24) is 5.32 Å². The molecule has 2 aromatic rings. The lowest BCUT2D eigenvalue weighted by atomic mass is 9.98. The fourth-order valence-electron chi connectivity index (χ4n) is 4.64. The SMILES string of the molecule is CCCC(NC(=O)Cc1ccc(CC#N)c(OCC)c1)c1ccccc1N1CCCCCC1. The highest BCUT2D eigenvalue weighted by Crippen LogP contribution is 2.31. The number of ether oxygens (including phenoxy) is 1. The molecule has 5 heteroatoms. The Labute approximate surface area is 198 Å². The van der Waals surface area contributed by atoms with Gasteiger partial charge in [0.05, 0.1) is 31.6 Å². The van der Waals surface area contributed by atoms with Gasteiger partial charge in [-0.3, -0.25) is 4.79 Å². The lowest BCUT2D eigenvalue weighted by Crippen LogP contribution is -2.32. The predicted molar refractivity (Wildman–Crippen MR) is 134 cm³/mol. The van der Waals surface area contributed by atoms with Crippen LogP contribution in [0.4, 0.5) is 5.69 Å². The first-order chi connectivity index (χ1) is 16.2. The summed E-state index contributed by atoms with van der Waals surface area (Å²) in [5.41, 5.74) is 4.24. The summed E-state index contributed by atoms with van der Waals surface area (Å²) in [6, 6.07) is 16.4. The molecule has 1 unspecified atom stereocenters. The maximum Gasteiger partial charge on any atom is 0.224 e. The Hall–Kier alpha value is -3.00. The molecule has 1 fully saturated rings. The highest BCUT2D eigenvalue weighted by Gasteiger charge is 2.21. The minimum Gasteiger partial charge on any atom is -0.494 e. The summed E-state index contributed by atoms with van der Waals surface area (Å²) in [5, 5.41) is 12.4. The zero-order chi connectivity index (χ0) is 23.5. The maximum atomic E-state index is 13.1. The summed E-state index contributed by atoms with van der Waals surface area (Å²) in [6.45, 7) is 6.78.